The van der Waals surface area contributed by atoms with E-state index >= 15 is 0 Å². The number of fused-ring (bicyclic) bond motifs is 8. The Kier molecular flexibility index (Phi) is 5.14. The van der Waals surface area contributed by atoms with Crippen LogP contribution < -0.4 is 0 Å². The molecule has 0 atom stereocenters. The van der Waals surface area contributed by atoms with Gasteiger partial charge in [-0.15, -0.1) is 0 Å². The van der Waals surface area contributed by atoms with Crippen molar-refractivity contribution in [1.29, 1.82) is 0 Å². The standard InChI is InChI=1S/C46H27NO/c1-2-11-30(12-3-1)47-40-20-9-17-35-39-27-38(32-13-4-5-15-34(32)43(39)37-19-10-21-41(47)45(37)44(35)40)29-25-23-28(24-26-29)31-16-8-18-36-33-14-6-7-22-42(33)48-46(31)36/h1-27H. The van der Waals surface area contributed by atoms with E-state index in [-0.39, 0.29) is 0 Å². The Hall–Kier alpha value is -6.38. The molecule has 0 saturated carbocycles. The number of furan rings is 1. The Labute approximate surface area is 276 Å². The quantitative estimate of drug-likeness (QED) is 0.182. The summed E-state index contributed by atoms with van der Waals surface area (Å²) in [5, 5.41) is 12.7. The number of benzene rings is 9. The molecule has 0 aliphatic carbocycles. The summed E-state index contributed by atoms with van der Waals surface area (Å²) in [4.78, 5) is 0. The molecule has 2 nitrogen and oxygen atoms in total. The first-order valence-corrected chi connectivity index (χ1v) is 16.5. The maximum atomic E-state index is 6.38. The van der Waals surface area contributed by atoms with E-state index < -0.39 is 0 Å². The molecule has 222 valence electrons. The predicted molar refractivity (Wildman–Crippen MR) is 203 cm³/mol. The third-order valence-corrected chi connectivity index (χ3v) is 10.3. The SMILES string of the molecule is c1ccc(-n2c3cccc4c5cc(-c6ccc(-c7cccc8c7oc7ccccc78)cc6)c6ccccc6c5c5cccc2c5c43)cc1. The van der Waals surface area contributed by atoms with Crippen LogP contribution >= 0.6 is 0 Å². The van der Waals surface area contributed by atoms with Gasteiger partial charge in [0, 0.05) is 32.8 Å². The average Bonchev–Trinajstić information content (AvgIpc) is 3.71. The number of para-hydroxylation sites is 3. The van der Waals surface area contributed by atoms with Gasteiger partial charge < -0.3 is 8.98 Å². The average molecular weight is 610 g/mol. The fourth-order valence-corrected chi connectivity index (χ4v) is 8.32. The summed E-state index contributed by atoms with van der Waals surface area (Å²) < 4.78 is 8.81. The molecule has 48 heavy (non-hydrogen) atoms. The molecule has 0 unspecified atom stereocenters. The van der Waals surface area contributed by atoms with Crippen LogP contribution in [-0.4, -0.2) is 4.57 Å². The lowest BCUT2D eigenvalue weighted by Crippen LogP contribution is -1.92. The smallest absolute Gasteiger partial charge is 0.143 e. The molecular weight excluding hydrogens is 583 g/mol. The van der Waals surface area contributed by atoms with Gasteiger partial charge in [-0.05, 0) is 85.4 Å². The molecule has 2 heterocycles. The fourth-order valence-electron chi connectivity index (χ4n) is 8.32. The van der Waals surface area contributed by atoms with Crippen molar-refractivity contribution in [1.82, 2.24) is 4.57 Å². The van der Waals surface area contributed by atoms with Gasteiger partial charge in [-0.25, -0.2) is 0 Å². The minimum absolute atomic E-state index is 0.921. The molecule has 0 fully saturated rings. The Morgan fingerprint density at radius 3 is 1.71 bits per heavy atom. The summed E-state index contributed by atoms with van der Waals surface area (Å²) >= 11 is 0. The lowest BCUT2D eigenvalue weighted by Gasteiger charge is -2.15. The monoisotopic (exact) mass is 609 g/mol. The van der Waals surface area contributed by atoms with Crippen molar-refractivity contribution in [2.24, 2.45) is 0 Å². The second-order valence-corrected chi connectivity index (χ2v) is 12.8. The van der Waals surface area contributed by atoms with E-state index in [4.69, 9.17) is 4.42 Å². The summed E-state index contributed by atoms with van der Waals surface area (Å²) in [6.07, 6.45) is 0. The molecule has 0 spiro atoms. The first kappa shape index (κ1) is 25.8. The molecule has 11 rings (SSSR count). The summed E-state index contributed by atoms with van der Waals surface area (Å²) in [6, 6.07) is 59.4. The van der Waals surface area contributed by atoms with Gasteiger partial charge in [-0.3, -0.25) is 0 Å². The third kappa shape index (κ3) is 3.41. The Morgan fingerprint density at radius 1 is 0.354 bits per heavy atom. The van der Waals surface area contributed by atoms with Crippen LogP contribution in [0.25, 0.3) is 104 Å². The topological polar surface area (TPSA) is 18.1 Å². The van der Waals surface area contributed by atoms with Crippen molar-refractivity contribution in [2.45, 2.75) is 0 Å². The van der Waals surface area contributed by atoms with Gasteiger partial charge in [0.1, 0.15) is 11.2 Å². The van der Waals surface area contributed by atoms with Crippen molar-refractivity contribution in [2.75, 3.05) is 0 Å². The molecule has 0 radical (unpaired) electrons. The van der Waals surface area contributed by atoms with Gasteiger partial charge in [0.25, 0.3) is 0 Å². The van der Waals surface area contributed by atoms with Crippen molar-refractivity contribution < 1.29 is 4.42 Å². The van der Waals surface area contributed by atoms with Crippen LogP contribution in [0.4, 0.5) is 0 Å². The molecule has 0 aliphatic rings. The number of nitrogens with zero attached hydrogens (tertiary/aromatic N) is 1. The predicted octanol–water partition coefficient (Wildman–Crippen LogP) is 12.9. The Bertz CT molecular complexity index is 3030. The lowest BCUT2D eigenvalue weighted by molar-refractivity contribution is 0.670. The molecule has 0 amide bonds. The molecule has 0 saturated heterocycles. The molecule has 9 aromatic carbocycles. The first-order chi connectivity index (χ1) is 23.8. The summed E-state index contributed by atoms with van der Waals surface area (Å²) in [6.45, 7) is 0. The highest BCUT2D eigenvalue weighted by Crippen LogP contribution is 2.47. The molecule has 0 N–H and O–H groups in total. The summed E-state index contributed by atoms with van der Waals surface area (Å²) in [5.74, 6) is 0. The highest BCUT2D eigenvalue weighted by atomic mass is 16.3. The molecule has 0 aliphatic heterocycles. The number of aromatic nitrogens is 1. The number of hydrogen-bond acceptors (Lipinski definition) is 1. The van der Waals surface area contributed by atoms with Crippen LogP contribution in [0.15, 0.2) is 168 Å². The largest absolute Gasteiger partial charge is 0.455 e. The minimum Gasteiger partial charge on any atom is -0.455 e. The lowest BCUT2D eigenvalue weighted by atomic mass is 9.87. The van der Waals surface area contributed by atoms with Crippen molar-refractivity contribution >= 4 is 76.1 Å². The van der Waals surface area contributed by atoms with E-state index in [2.05, 4.69) is 156 Å². The molecule has 2 heteroatoms. The Morgan fingerprint density at radius 2 is 0.917 bits per heavy atom. The normalized spacial score (nSPS) is 12.2. The van der Waals surface area contributed by atoms with E-state index in [9.17, 15) is 0 Å². The van der Waals surface area contributed by atoms with Gasteiger partial charge in [0.2, 0.25) is 0 Å². The first-order valence-electron chi connectivity index (χ1n) is 16.5. The van der Waals surface area contributed by atoms with Crippen LogP contribution in [-0.2, 0) is 0 Å². The van der Waals surface area contributed by atoms with Crippen LogP contribution in [0, 0.1) is 0 Å². The summed E-state index contributed by atoms with van der Waals surface area (Å²) in [5.41, 5.74) is 10.2. The van der Waals surface area contributed by atoms with Crippen molar-refractivity contribution in [3.05, 3.63) is 164 Å². The molecule has 0 bridgehead atoms. The van der Waals surface area contributed by atoms with E-state index in [1.54, 1.807) is 0 Å². The van der Waals surface area contributed by atoms with Gasteiger partial charge in [0.15, 0.2) is 0 Å². The van der Waals surface area contributed by atoms with E-state index in [1.165, 1.54) is 70.9 Å². The van der Waals surface area contributed by atoms with Gasteiger partial charge in [-0.2, -0.15) is 0 Å². The minimum atomic E-state index is 0.921. The zero-order valence-electron chi connectivity index (χ0n) is 25.9. The second kappa shape index (κ2) is 9.57. The van der Waals surface area contributed by atoms with Crippen LogP contribution in [0.2, 0.25) is 0 Å². The maximum absolute atomic E-state index is 6.38. The summed E-state index contributed by atoms with van der Waals surface area (Å²) in [7, 11) is 0. The van der Waals surface area contributed by atoms with Crippen LogP contribution in [0.1, 0.15) is 0 Å². The van der Waals surface area contributed by atoms with E-state index in [1.807, 2.05) is 12.1 Å². The van der Waals surface area contributed by atoms with Crippen LogP contribution in [0.3, 0.4) is 0 Å². The van der Waals surface area contributed by atoms with Crippen molar-refractivity contribution in [3.63, 3.8) is 0 Å². The van der Waals surface area contributed by atoms with Gasteiger partial charge >= 0.3 is 0 Å². The molecule has 2 aromatic heterocycles. The second-order valence-electron chi connectivity index (χ2n) is 12.8. The highest BCUT2D eigenvalue weighted by Gasteiger charge is 2.22. The maximum Gasteiger partial charge on any atom is 0.143 e. The third-order valence-electron chi connectivity index (χ3n) is 10.3. The van der Waals surface area contributed by atoms with Crippen LogP contribution in [0.5, 0.6) is 0 Å². The van der Waals surface area contributed by atoms with E-state index in [0.717, 1.165) is 33.1 Å². The zero-order chi connectivity index (χ0) is 31.3. The highest BCUT2D eigenvalue weighted by molar-refractivity contribution is 6.38. The fraction of sp³-hybridized carbons (Fsp3) is 0. The number of hydrogen-bond donors (Lipinski definition) is 0. The van der Waals surface area contributed by atoms with E-state index in [0.29, 0.717) is 0 Å². The Balaban J connectivity index is 1.17. The van der Waals surface area contributed by atoms with Gasteiger partial charge in [-0.1, -0.05) is 127 Å². The zero-order valence-corrected chi connectivity index (χ0v) is 25.9. The molecular formula is C46H27NO. The van der Waals surface area contributed by atoms with Crippen molar-refractivity contribution in [3.8, 4) is 27.9 Å². The molecule has 11 aromatic rings. The van der Waals surface area contributed by atoms with Gasteiger partial charge in [0.05, 0.1) is 11.0 Å². The number of rotatable bonds is 3.